The molecule has 6 heteroatoms. The van der Waals surface area contributed by atoms with Crippen molar-refractivity contribution in [3.63, 3.8) is 0 Å². The van der Waals surface area contributed by atoms with Crippen LogP contribution in [0.5, 0.6) is 0 Å². The molecular weight excluding hydrogens is 486 g/mol. The van der Waals surface area contributed by atoms with Gasteiger partial charge in [0.2, 0.25) is 0 Å². The van der Waals surface area contributed by atoms with Crippen molar-refractivity contribution in [3.05, 3.63) is 29.9 Å². The van der Waals surface area contributed by atoms with E-state index >= 15 is 0 Å². The van der Waals surface area contributed by atoms with Crippen molar-refractivity contribution in [1.29, 1.82) is 0 Å². The summed E-state index contributed by atoms with van der Waals surface area (Å²) in [4.78, 5) is 18.7. The first kappa shape index (κ1) is 28.9. The van der Waals surface area contributed by atoms with Crippen molar-refractivity contribution in [2.45, 2.75) is 117 Å². The predicted molar refractivity (Wildman–Crippen MR) is 155 cm³/mol. The lowest BCUT2D eigenvalue weighted by Crippen LogP contribution is -2.50. The van der Waals surface area contributed by atoms with Gasteiger partial charge < -0.3 is 20.5 Å². The average molecular weight is 540 g/mol. The van der Waals surface area contributed by atoms with Crippen LogP contribution in [-0.2, 0) is 11.2 Å². The molecule has 4 aliphatic rings. The average Bonchev–Trinajstić information content (AvgIpc) is 3.54. The molecule has 0 aromatic carbocycles. The zero-order chi connectivity index (χ0) is 27.8. The van der Waals surface area contributed by atoms with Gasteiger partial charge in [-0.25, -0.2) is 4.98 Å². The largest absolute Gasteiger partial charge is 0.480 e. The predicted octanol–water partition coefficient (Wildman–Crippen LogP) is 6.38. The number of hydrogen-bond donors (Lipinski definition) is 4. The molecule has 0 bridgehead atoms. The SMILES string of the molecule is CC(CCC[C@@H](C)[C@H]1CC[C@H]2[C@@H]3CC=C4C[C@@H](O)CC[C@]4(C)[C@H]3CC[C@]12C)CN[C@@H](Cc1cnc[nH]1)C(=O)O. The monoisotopic (exact) mass is 539 g/mol. The van der Waals surface area contributed by atoms with Crippen molar-refractivity contribution in [2.75, 3.05) is 6.54 Å². The van der Waals surface area contributed by atoms with E-state index in [1.165, 1.54) is 51.4 Å². The van der Waals surface area contributed by atoms with Gasteiger partial charge in [-0.1, -0.05) is 52.2 Å². The number of nitrogens with zero attached hydrogens (tertiary/aromatic N) is 1. The second-order valence-corrected chi connectivity index (χ2v) is 14.5. The van der Waals surface area contributed by atoms with Gasteiger partial charge in [-0.15, -0.1) is 0 Å². The maximum Gasteiger partial charge on any atom is 0.321 e. The van der Waals surface area contributed by atoms with Crippen LogP contribution in [0.3, 0.4) is 0 Å². The maximum absolute atomic E-state index is 11.7. The van der Waals surface area contributed by atoms with Crippen LogP contribution >= 0.6 is 0 Å². The number of H-pyrrole nitrogens is 1. The normalized spacial score (nSPS) is 38.2. The highest BCUT2D eigenvalue weighted by atomic mass is 16.4. The Hall–Kier alpha value is -1.66. The minimum atomic E-state index is -0.802. The van der Waals surface area contributed by atoms with Crippen LogP contribution in [0.15, 0.2) is 24.2 Å². The molecule has 0 saturated heterocycles. The molecule has 3 saturated carbocycles. The number of carboxylic acids is 1. The minimum absolute atomic E-state index is 0.120. The molecule has 1 unspecified atom stereocenters. The number of aliphatic hydroxyl groups excluding tert-OH is 1. The molecule has 5 rings (SSSR count). The first-order valence-electron chi connectivity index (χ1n) is 15.9. The summed E-state index contributed by atoms with van der Waals surface area (Å²) in [5.74, 6) is 3.74. The fourth-order valence-electron chi connectivity index (χ4n) is 9.91. The zero-order valence-corrected chi connectivity index (χ0v) is 24.8. The molecule has 39 heavy (non-hydrogen) atoms. The van der Waals surface area contributed by atoms with E-state index in [0.29, 0.717) is 23.2 Å². The van der Waals surface area contributed by atoms with Gasteiger partial charge in [-0.2, -0.15) is 0 Å². The van der Waals surface area contributed by atoms with Crippen LogP contribution in [0.4, 0.5) is 0 Å². The number of carbonyl (C=O) groups is 1. The number of imidazole rings is 1. The summed E-state index contributed by atoms with van der Waals surface area (Å²) in [6.45, 7) is 10.7. The Morgan fingerprint density at radius 1 is 1.15 bits per heavy atom. The van der Waals surface area contributed by atoms with E-state index in [9.17, 15) is 15.0 Å². The molecule has 4 N–H and O–H groups in total. The van der Waals surface area contributed by atoms with Crippen molar-refractivity contribution in [3.8, 4) is 0 Å². The zero-order valence-electron chi connectivity index (χ0n) is 24.8. The number of aliphatic hydroxyl groups is 1. The quantitative estimate of drug-likeness (QED) is 0.245. The molecule has 0 amide bonds. The summed E-state index contributed by atoms with van der Waals surface area (Å²) >= 11 is 0. The number of allylic oxidation sites excluding steroid dienone is 1. The Kier molecular flexibility index (Phi) is 8.64. The molecule has 4 aliphatic carbocycles. The second-order valence-electron chi connectivity index (χ2n) is 14.5. The molecule has 10 atom stereocenters. The highest BCUT2D eigenvalue weighted by Crippen LogP contribution is 2.67. The topological polar surface area (TPSA) is 98.2 Å². The molecule has 1 heterocycles. The third-order valence-electron chi connectivity index (χ3n) is 12.2. The van der Waals surface area contributed by atoms with E-state index in [2.05, 4.69) is 49.1 Å². The Labute approximate surface area is 235 Å². The number of hydrogen-bond acceptors (Lipinski definition) is 4. The third kappa shape index (κ3) is 5.75. The highest BCUT2D eigenvalue weighted by Gasteiger charge is 2.59. The van der Waals surface area contributed by atoms with Crippen LogP contribution in [-0.4, -0.2) is 44.8 Å². The second kappa shape index (κ2) is 11.7. The number of aromatic amines is 1. The highest BCUT2D eigenvalue weighted by molar-refractivity contribution is 5.73. The van der Waals surface area contributed by atoms with Crippen molar-refractivity contribution >= 4 is 5.97 Å². The smallest absolute Gasteiger partial charge is 0.321 e. The summed E-state index contributed by atoms with van der Waals surface area (Å²) in [5.41, 5.74) is 3.24. The number of aromatic nitrogens is 2. The van der Waals surface area contributed by atoms with E-state index in [4.69, 9.17) is 0 Å². The molecule has 0 radical (unpaired) electrons. The number of rotatable bonds is 11. The molecular formula is C33H53N3O3. The molecule has 1 aromatic rings. The fraction of sp³-hybridized carbons (Fsp3) is 0.818. The van der Waals surface area contributed by atoms with Crippen LogP contribution in [0, 0.1) is 46.3 Å². The van der Waals surface area contributed by atoms with Crippen LogP contribution in [0.25, 0.3) is 0 Å². The van der Waals surface area contributed by atoms with Gasteiger partial charge in [0.15, 0.2) is 0 Å². The lowest BCUT2D eigenvalue weighted by molar-refractivity contribution is -0.139. The molecule has 6 nitrogen and oxygen atoms in total. The third-order valence-corrected chi connectivity index (χ3v) is 12.2. The molecule has 0 aliphatic heterocycles. The van der Waals surface area contributed by atoms with Crippen LogP contribution < -0.4 is 5.32 Å². The minimum Gasteiger partial charge on any atom is -0.480 e. The number of nitrogens with one attached hydrogen (secondary N) is 2. The van der Waals surface area contributed by atoms with E-state index in [0.717, 1.165) is 61.1 Å². The standard InChI is InChI=1S/C33H53N3O3/c1-21(18-35-30(31(38)39)17-24-19-34-20-36-24)6-5-7-22(2)27-10-11-28-26-9-8-23-16-25(37)12-14-32(23,3)29(26)13-15-33(27,28)4/h8,19-22,25-30,35,37H,5-7,9-18H2,1-4H3,(H,34,36)(H,38,39)/t21?,22-,25+,26+,27-,28+,29+,30+,32+,33-/m1/s1. The van der Waals surface area contributed by atoms with Gasteiger partial charge in [0, 0.05) is 18.3 Å². The first-order chi connectivity index (χ1) is 18.6. The summed E-state index contributed by atoms with van der Waals surface area (Å²) in [5, 5.41) is 23.2. The Morgan fingerprint density at radius 3 is 2.72 bits per heavy atom. The van der Waals surface area contributed by atoms with Crippen molar-refractivity contribution in [2.24, 2.45) is 46.3 Å². The van der Waals surface area contributed by atoms with Gasteiger partial charge in [0.1, 0.15) is 6.04 Å². The maximum atomic E-state index is 11.7. The molecule has 3 fully saturated rings. The fourth-order valence-corrected chi connectivity index (χ4v) is 9.91. The summed E-state index contributed by atoms with van der Waals surface area (Å²) in [6, 6.07) is -0.580. The Balaban J connectivity index is 1.11. The van der Waals surface area contributed by atoms with E-state index in [1.807, 2.05) is 0 Å². The van der Waals surface area contributed by atoms with E-state index < -0.39 is 12.0 Å². The van der Waals surface area contributed by atoms with Gasteiger partial charge >= 0.3 is 5.97 Å². The van der Waals surface area contributed by atoms with Crippen molar-refractivity contribution in [1.82, 2.24) is 15.3 Å². The molecule has 1 aromatic heterocycles. The Bertz CT molecular complexity index is 1010. The van der Waals surface area contributed by atoms with Crippen molar-refractivity contribution < 1.29 is 15.0 Å². The summed E-state index contributed by atoms with van der Waals surface area (Å²) in [7, 11) is 0. The first-order valence-corrected chi connectivity index (χ1v) is 15.9. The number of carboxylic acid groups (broad SMARTS) is 1. The van der Waals surface area contributed by atoms with E-state index in [1.54, 1.807) is 18.1 Å². The molecule has 218 valence electrons. The van der Waals surface area contributed by atoms with E-state index in [-0.39, 0.29) is 6.10 Å². The van der Waals surface area contributed by atoms with Gasteiger partial charge in [0.05, 0.1) is 12.4 Å². The molecule has 0 spiro atoms. The van der Waals surface area contributed by atoms with Gasteiger partial charge in [-0.3, -0.25) is 4.79 Å². The number of fused-ring (bicyclic) bond motifs is 5. The van der Waals surface area contributed by atoms with Crippen LogP contribution in [0.2, 0.25) is 0 Å². The van der Waals surface area contributed by atoms with Crippen LogP contribution in [0.1, 0.15) is 104 Å². The lowest BCUT2D eigenvalue weighted by Gasteiger charge is -2.58. The lowest BCUT2D eigenvalue weighted by atomic mass is 9.47. The van der Waals surface area contributed by atoms with Gasteiger partial charge in [-0.05, 0) is 111 Å². The summed E-state index contributed by atoms with van der Waals surface area (Å²) < 4.78 is 0. The summed E-state index contributed by atoms with van der Waals surface area (Å²) in [6.07, 6.45) is 19.7. The van der Waals surface area contributed by atoms with Gasteiger partial charge in [0.25, 0.3) is 0 Å². The number of aliphatic carboxylic acids is 1. The Morgan fingerprint density at radius 2 is 1.97 bits per heavy atom.